The number of nitrogens with one attached hydrogen (secondary N) is 2. The molecule has 0 aromatic carbocycles. The van der Waals surface area contributed by atoms with E-state index in [2.05, 4.69) is 16.7 Å². The number of allylic oxidation sites excluding steroid dienone is 1. The number of hydrogen-bond donors (Lipinski definition) is 2. The van der Waals surface area contributed by atoms with Crippen molar-refractivity contribution < 1.29 is 4.79 Å². The largest absolute Gasteiger partial charge is 0.356 e. The van der Waals surface area contributed by atoms with Gasteiger partial charge in [0.1, 0.15) is 0 Å². The molecule has 3 nitrogen and oxygen atoms in total. The number of rotatable bonds is 4. The lowest BCUT2D eigenvalue weighted by molar-refractivity contribution is -0.125. The van der Waals surface area contributed by atoms with Crippen LogP contribution in [0.3, 0.4) is 0 Å². The number of carbonyl (C=O) groups excluding carboxylic acids is 1. The summed E-state index contributed by atoms with van der Waals surface area (Å²) in [4.78, 5) is 11.9. The van der Waals surface area contributed by atoms with Crippen LogP contribution in [0.4, 0.5) is 0 Å². The average molecular weight is 236 g/mol. The third-order valence-electron chi connectivity index (χ3n) is 3.80. The fourth-order valence-electron chi connectivity index (χ4n) is 2.70. The SMILES string of the molecule is O=C(NCCC1=CCCCC1)[C@@H]1CCCNC1. The van der Waals surface area contributed by atoms with Crippen molar-refractivity contribution in [3.8, 4) is 0 Å². The molecule has 96 valence electrons. The molecule has 0 bridgehead atoms. The lowest BCUT2D eigenvalue weighted by Crippen LogP contribution is -2.40. The van der Waals surface area contributed by atoms with E-state index in [4.69, 9.17) is 0 Å². The highest BCUT2D eigenvalue weighted by Gasteiger charge is 2.20. The van der Waals surface area contributed by atoms with Gasteiger partial charge >= 0.3 is 0 Å². The molecule has 1 fully saturated rings. The topological polar surface area (TPSA) is 41.1 Å². The zero-order chi connectivity index (χ0) is 11.9. The molecule has 1 saturated heterocycles. The highest BCUT2D eigenvalue weighted by molar-refractivity contribution is 5.78. The quantitative estimate of drug-likeness (QED) is 0.733. The van der Waals surface area contributed by atoms with Crippen LogP contribution in [0.5, 0.6) is 0 Å². The maximum Gasteiger partial charge on any atom is 0.224 e. The highest BCUT2D eigenvalue weighted by atomic mass is 16.1. The van der Waals surface area contributed by atoms with Gasteiger partial charge in [-0.3, -0.25) is 4.79 Å². The van der Waals surface area contributed by atoms with Crippen molar-refractivity contribution in [1.82, 2.24) is 10.6 Å². The van der Waals surface area contributed by atoms with Crippen LogP contribution in [0.2, 0.25) is 0 Å². The van der Waals surface area contributed by atoms with Crippen molar-refractivity contribution in [2.45, 2.75) is 44.9 Å². The molecular weight excluding hydrogens is 212 g/mol. The van der Waals surface area contributed by atoms with E-state index < -0.39 is 0 Å². The van der Waals surface area contributed by atoms with Crippen molar-refractivity contribution in [3.63, 3.8) is 0 Å². The Balaban J connectivity index is 1.63. The highest BCUT2D eigenvalue weighted by Crippen LogP contribution is 2.19. The molecule has 1 atom stereocenters. The Bertz CT molecular complexity index is 280. The molecule has 2 N–H and O–H groups in total. The number of amides is 1. The summed E-state index contributed by atoms with van der Waals surface area (Å²) in [6.07, 6.45) is 10.7. The van der Waals surface area contributed by atoms with Gasteiger partial charge in [-0.25, -0.2) is 0 Å². The van der Waals surface area contributed by atoms with Gasteiger partial charge in [-0.2, -0.15) is 0 Å². The first kappa shape index (κ1) is 12.6. The number of piperidine rings is 1. The van der Waals surface area contributed by atoms with Gasteiger partial charge < -0.3 is 10.6 Å². The first-order valence-electron chi connectivity index (χ1n) is 7.02. The van der Waals surface area contributed by atoms with Crippen LogP contribution < -0.4 is 10.6 Å². The molecule has 1 aliphatic carbocycles. The molecule has 1 aliphatic heterocycles. The van der Waals surface area contributed by atoms with Crippen LogP contribution in [0.25, 0.3) is 0 Å². The summed E-state index contributed by atoms with van der Waals surface area (Å²) in [6.45, 7) is 2.74. The molecule has 0 aromatic heterocycles. The first-order valence-corrected chi connectivity index (χ1v) is 7.02. The minimum absolute atomic E-state index is 0.198. The summed E-state index contributed by atoms with van der Waals surface area (Å²) >= 11 is 0. The van der Waals surface area contributed by atoms with Crippen LogP contribution in [0.15, 0.2) is 11.6 Å². The van der Waals surface area contributed by atoms with Crippen LogP contribution in [-0.4, -0.2) is 25.5 Å². The van der Waals surface area contributed by atoms with Crippen LogP contribution >= 0.6 is 0 Å². The monoisotopic (exact) mass is 236 g/mol. The second-order valence-electron chi connectivity index (χ2n) is 5.19. The Morgan fingerprint density at radius 1 is 1.41 bits per heavy atom. The Labute approximate surface area is 104 Å². The summed E-state index contributed by atoms with van der Waals surface area (Å²) < 4.78 is 0. The lowest BCUT2D eigenvalue weighted by Gasteiger charge is -2.22. The maximum absolute atomic E-state index is 11.9. The minimum Gasteiger partial charge on any atom is -0.356 e. The Morgan fingerprint density at radius 3 is 3.06 bits per heavy atom. The Morgan fingerprint density at radius 2 is 2.35 bits per heavy atom. The maximum atomic E-state index is 11.9. The van der Waals surface area contributed by atoms with Gasteiger partial charge in [0.25, 0.3) is 0 Å². The van der Waals surface area contributed by atoms with E-state index in [1.807, 2.05) is 0 Å². The summed E-state index contributed by atoms with van der Waals surface area (Å²) in [6, 6.07) is 0. The first-order chi connectivity index (χ1) is 8.36. The van der Waals surface area contributed by atoms with Gasteiger partial charge in [0.2, 0.25) is 5.91 Å². The van der Waals surface area contributed by atoms with Crippen molar-refractivity contribution in [2.75, 3.05) is 19.6 Å². The van der Waals surface area contributed by atoms with Crippen LogP contribution in [-0.2, 0) is 4.79 Å². The Kier molecular flexibility index (Phi) is 5.05. The van der Waals surface area contributed by atoms with E-state index in [0.717, 1.165) is 38.9 Å². The van der Waals surface area contributed by atoms with E-state index >= 15 is 0 Å². The van der Waals surface area contributed by atoms with E-state index in [1.54, 1.807) is 5.57 Å². The van der Waals surface area contributed by atoms with Gasteiger partial charge in [-0.15, -0.1) is 0 Å². The van der Waals surface area contributed by atoms with Crippen molar-refractivity contribution in [2.24, 2.45) is 5.92 Å². The molecule has 0 radical (unpaired) electrons. The summed E-state index contributed by atoms with van der Waals surface area (Å²) in [5, 5.41) is 6.36. The number of hydrogen-bond acceptors (Lipinski definition) is 2. The van der Waals surface area contributed by atoms with Crippen molar-refractivity contribution in [3.05, 3.63) is 11.6 Å². The molecule has 1 amide bonds. The standard InChI is InChI=1S/C14H24N2O/c17-14(13-7-4-9-15-11-13)16-10-8-12-5-2-1-3-6-12/h5,13,15H,1-4,6-11H2,(H,16,17)/t13-/m1/s1. The van der Waals surface area contributed by atoms with Crippen LogP contribution in [0.1, 0.15) is 44.9 Å². The molecule has 3 heteroatoms. The predicted octanol–water partition coefficient (Wildman–Crippen LogP) is 1.99. The van der Waals surface area contributed by atoms with E-state index in [1.165, 1.54) is 25.7 Å². The van der Waals surface area contributed by atoms with Crippen molar-refractivity contribution in [1.29, 1.82) is 0 Å². The average Bonchev–Trinajstić information content (AvgIpc) is 2.41. The molecular formula is C14H24N2O. The van der Waals surface area contributed by atoms with Crippen molar-refractivity contribution >= 4 is 5.91 Å². The molecule has 0 saturated carbocycles. The van der Waals surface area contributed by atoms with E-state index in [0.29, 0.717) is 0 Å². The molecule has 0 aromatic rings. The molecule has 2 aliphatic rings. The van der Waals surface area contributed by atoms with Gasteiger partial charge in [-0.05, 0) is 51.5 Å². The van der Waals surface area contributed by atoms with E-state index in [-0.39, 0.29) is 11.8 Å². The second-order valence-corrected chi connectivity index (χ2v) is 5.19. The molecule has 1 heterocycles. The fraction of sp³-hybridized carbons (Fsp3) is 0.786. The van der Waals surface area contributed by atoms with Gasteiger partial charge in [-0.1, -0.05) is 11.6 Å². The normalized spacial score (nSPS) is 25.2. The zero-order valence-corrected chi connectivity index (χ0v) is 10.6. The summed E-state index contributed by atoms with van der Waals surface area (Å²) in [5.74, 6) is 0.442. The van der Waals surface area contributed by atoms with Gasteiger partial charge in [0.15, 0.2) is 0 Å². The number of carbonyl (C=O) groups is 1. The second kappa shape index (κ2) is 6.80. The molecule has 2 rings (SSSR count). The third kappa shape index (κ3) is 4.15. The van der Waals surface area contributed by atoms with Gasteiger partial charge in [0.05, 0.1) is 5.92 Å². The minimum atomic E-state index is 0.198. The molecule has 0 spiro atoms. The fourth-order valence-corrected chi connectivity index (χ4v) is 2.70. The molecule has 0 unspecified atom stereocenters. The smallest absolute Gasteiger partial charge is 0.224 e. The summed E-state index contributed by atoms with van der Waals surface area (Å²) in [7, 11) is 0. The molecule has 17 heavy (non-hydrogen) atoms. The summed E-state index contributed by atoms with van der Waals surface area (Å²) in [5.41, 5.74) is 1.54. The van der Waals surface area contributed by atoms with Crippen LogP contribution in [0, 0.1) is 5.92 Å². The van der Waals surface area contributed by atoms with E-state index in [9.17, 15) is 4.79 Å². The lowest BCUT2D eigenvalue weighted by atomic mass is 9.96. The van der Waals surface area contributed by atoms with Gasteiger partial charge in [0, 0.05) is 13.1 Å². The predicted molar refractivity (Wildman–Crippen MR) is 69.8 cm³/mol. The Hall–Kier alpha value is -0.830. The zero-order valence-electron chi connectivity index (χ0n) is 10.6. The third-order valence-corrected chi connectivity index (χ3v) is 3.80.